The largest absolute Gasteiger partial charge is 0.493 e. The summed E-state index contributed by atoms with van der Waals surface area (Å²) >= 11 is 0. The molecule has 0 aliphatic carbocycles. The van der Waals surface area contributed by atoms with Crippen molar-refractivity contribution >= 4 is 17.6 Å². The van der Waals surface area contributed by atoms with E-state index in [9.17, 15) is 10.1 Å². The van der Waals surface area contributed by atoms with Gasteiger partial charge in [-0.15, -0.1) is 6.58 Å². The molecule has 0 spiro atoms. The van der Waals surface area contributed by atoms with E-state index < -0.39 is 5.97 Å². The van der Waals surface area contributed by atoms with Crippen molar-refractivity contribution in [3.63, 3.8) is 0 Å². The topological polar surface area (TPSA) is 79.5 Å². The molecule has 0 saturated carbocycles. The SMILES string of the molecule is C=CCc1cc(/C=C(\C#N)c2ccccc2)cc(OC)c1OCc1ccc(C(=O)O)cc1. The lowest BCUT2D eigenvalue weighted by molar-refractivity contribution is 0.0697. The van der Waals surface area contributed by atoms with E-state index in [0.717, 1.165) is 22.3 Å². The molecular formula is C27H23NO4. The fourth-order valence-corrected chi connectivity index (χ4v) is 3.25. The summed E-state index contributed by atoms with van der Waals surface area (Å²) in [7, 11) is 1.57. The summed E-state index contributed by atoms with van der Waals surface area (Å²) in [6, 6.07) is 22.1. The maximum absolute atomic E-state index is 11.0. The number of carboxylic acid groups (broad SMARTS) is 1. The molecule has 5 nitrogen and oxygen atoms in total. The van der Waals surface area contributed by atoms with Gasteiger partial charge in [-0.2, -0.15) is 5.26 Å². The molecule has 0 aromatic heterocycles. The lowest BCUT2D eigenvalue weighted by atomic mass is 10.0. The Bertz CT molecular complexity index is 1170. The number of ether oxygens (including phenoxy) is 2. The number of hydrogen-bond donors (Lipinski definition) is 1. The van der Waals surface area contributed by atoms with Crippen LogP contribution in [-0.4, -0.2) is 18.2 Å². The molecule has 0 fully saturated rings. The summed E-state index contributed by atoms with van der Waals surface area (Å²) in [5.41, 5.74) is 4.13. The summed E-state index contributed by atoms with van der Waals surface area (Å²) in [5.74, 6) is 0.163. The smallest absolute Gasteiger partial charge is 0.335 e. The highest BCUT2D eigenvalue weighted by Crippen LogP contribution is 2.35. The van der Waals surface area contributed by atoms with Crippen LogP contribution in [0, 0.1) is 11.3 Å². The molecule has 160 valence electrons. The molecule has 0 aliphatic heterocycles. The summed E-state index contributed by atoms with van der Waals surface area (Å²) in [6.45, 7) is 4.08. The lowest BCUT2D eigenvalue weighted by Gasteiger charge is -2.16. The van der Waals surface area contributed by atoms with Crippen LogP contribution in [0.4, 0.5) is 0 Å². The number of hydrogen-bond acceptors (Lipinski definition) is 4. The van der Waals surface area contributed by atoms with Crippen LogP contribution < -0.4 is 9.47 Å². The molecule has 0 radical (unpaired) electrons. The van der Waals surface area contributed by atoms with Crippen molar-refractivity contribution in [3.05, 3.63) is 107 Å². The first-order chi connectivity index (χ1) is 15.5. The Hall–Kier alpha value is -4.30. The fourth-order valence-electron chi connectivity index (χ4n) is 3.25. The van der Waals surface area contributed by atoms with Crippen LogP contribution >= 0.6 is 0 Å². The predicted octanol–water partition coefficient (Wildman–Crippen LogP) is 5.77. The highest BCUT2D eigenvalue weighted by Gasteiger charge is 2.14. The Balaban J connectivity index is 1.93. The van der Waals surface area contributed by atoms with Crippen molar-refractivity contribution in [3.8, 4) is 17.6 Å². The Labute approximate surface area is 187 Å². The molecule has 0 bridgehead atoms. The average Bonchev–Trinajstić information content (AvgIpc) is 2.82. The number of benzene rings is 3. The minimum atomic E-state index is -0.969. The molecule has 1 N–H and O–H groups in total. The normalized spacial score (nSPS) is 10.8. The van der Waals surface area contributed by atoms with Gasteiger partial charge in [0.1, 0.15) is 6.61 Å². The van der Waals surface area contributed by atoms with Gasteiger partial charge in [-0.1, -0.05) is 48.5 Å². The van der Waals surface area contributed by atoms with Gasteiger partial charge >= 0.3 is 5.97 Å². The molecule has 3 aromatic rings. The zero-order chi connectivity index (χ0) is 22.9. The molecule has 0 saturated heterocycles. The second kappa shape index (κ2) is 10.6. The van der Waals surface area contributed by atoms with Gasteiger partial charge in [0, 0.05) is 5.56 Å². The number of carbonyl (C=O) groups is 1. The monoisotopic (exact) mass is 425 g/mol. The van der Waals surface area contributed by atoms with E-state index in [1.54, 1.807) is 37.5 Å². The van der Waals surface area contributed by atoms with E-state index in [2.05, 4.69) is 12.6 Å². The van der Waals surface area contributed by atoms with Crippen LogP contribution in [0.1, 0.15) is 32.6 Å². The highest BCUT2D eigenvalue weighted by atomic mass is 16.5. The number of rotatable bonds is 9. The lowest BCUT2D eigenvalue weighted by Crippen LogP contribution is -2.03. The third-order valence-electron chi connectivity index (χ3n) is 4.84. The van der Waals surface area contributed by atoms with Gasteiger partial charge < -0.3 is 14.6 Å². The minimum absolute atomic E-state index is 0.224. The van der Waals surface area contributed by atoms with Crippen molar-refractivity contribution in [2.75, 3.05) is 7.11 Å². The van der Waals surface area contributed by atoms with E-state index >= 15 is 0 Å². The molecule has 0 aliphatic rings. The number of carboxylic acids is 1. The molecule has 0 heterocycles. The molecule has 0 unspecified atom stereocenters. The number of aromatic carboxylic acids is 1. The minimum Gasteiger partial charge on any atom is -0.493 e. The van der Waals surface area contributed by atoms with Gasteiger partial charge in [0.2, 0.25) is 0 Å². The molecule has 0 amide bonds. The number of allylic oxidation sites excluding steroid dienone is 2. The second-order valence-corrected chi connectivity index (χ2v) is 7.03. The maximum atomic E-state index is 11.0. The van der Waals surface area contributed by atoms with E-state index in [-0.39, 0.29) is 12.2 Å². The third kappa shape index (κ3) is 5.44. The van der Waals surface area contributed by atoms with Crippen LogP contribution in [0.2, 0.25) is 0 Å². The quantitative estimate of drug-likeness (QED) is 0.268. The predicted molar refractivity (Wildman–Crippen MR) is 125 cm³/mol. The summed E-state index contributed by atoms with van der Waals surface area (Å²) in [5, 5.41) is 18.7. The molecule has 5 heteroatoms. The van der Waals surface area contributed by atoms with Gasteiger partial charge in [0.25, 0.3) is 0 Å². The summed E-state index contributed by atoms with van der Waals surface area (Å²) in [4.78, 5) is 11.0. The van der Waals surface area contributed by atoms with Gasteiger partial charge in [-0.05, 0) is 53.5 Å². The first-order valence-corrected chi connectivity index (χ1v) is 9.99. The fraction of sp³-hybridized carbons (Fsp3) is 0.111. The number of nitrogens with zero attached hydrogens (tertiary/aromatic N) is 1. The van der Waals surface area contributed by atoms with E-state index in [1.807, 2.05) is 48.5 Å². The van der Waals surface area contributed by atoms with Crippen molar-refractivity contribution < 1.29 is 19.4 Å². The first-order valence-electron chi connectivity index (χ1n) is 9.99. The van der Waals surface area contributed by atoms with Crippen LogP contribution in [-0.2, 0) is 13.0 Å². The Morgan fingerprint density at radius 1 is 1.09 bits per heavy atom. The first kappa shape index (κ1) is 22.4. The third-order valence-corrected chi connectivity index (χ3v) is 4.84. The Kier molecular flexibility index (Phi) is 7.45. The van der Waals surface area contributed by atoms with Crippen molar-refractivity contribution in [2.45, 2.75) is 13.0 Å². The van der Waals surface area contributed by atoms with Crippen molar-refractivity contribution in [1.82, 2.24) is 0 Å². The van der Waals surface area contributed by atoms with E-state index in [4.69, 9.17) is 14.6 Å². The molecule has 0 atom stereocenters. The van der Waals surface area contributed by atoms with Gasteiger partial charge in [0.05, 0.1) is 24.3 Å². The van der Waals surface area contributed by atoms with Crippen molar-refractivity contribution in [1.29, 1.82) is 5.26 Å². The zero-order valence-electron chi connectivity index (χ0n) is 17.7. The van der Waals surface area contributed by atoms with E-state index in [1.165, 1.54) is 0 Å². The second-order valence-electron chi connectivity index (χ2n) is 7.03. The number of methoxy groups -OCH3 is 1. The van der Waals surface area contributed by atoms with Gasteiger partial charge in [-0.25, -0.2) is 4.79 Å². The van der Waals surface area contributed by atoms with Crippen LogP contribution in [0.5, 0.6) is 11.5 Å². The average molecular weight is 425 g/mol. The Morgan fingerprint density at radius 3 is 2.41 bits per heavy atom. The van der Waals surface area contributed by atoms with Crippen LogP contribution in [0.3, 0.4) is 0 Å². The molecule has 3 aromatic carbocycles. The summed E-state index contributed by atoms with van der Waals surface area (Å²) in [6.07, 6.45) is 4.15. The van der Waals surface area contributed by atoms with Crippen molar-refractivity contribution in [2.24, 2.45) is 0 Å². The van der Waals surface area contributed by atoms with E-state index in [0.29, 0.717) is 23.5 Å². The summed E-state index contributed by atoms with van der Waals surface area (Å²) < 4.78 is 11.6. The Morgan fingerprint density at radius 2 is 1.81 bits per heavy atom. The van der Waals surface area contributed by atoms with Crippen LogP contribution in [0.15, 0.2) is 79.4 Å². The number of nitriles is 1. The molecular weight excluding hydrogens is 402 g/mol. The zero-order valence-corrected chi connectivity index (χ0v) is 17.7. The van der Waals surface area contributed by atoms with Gasteiger partial charge in [-0.3, -0.25) is 0 Å². The standard InChI is InChI=1S/C27H23NO4/c1-3-7-23-14-20(15-24(17-28)21-8-5-4-6-9-21)16-25(31-2)26(23)32-18-19-10-12-22(13-11-19)27(29)30/h3-6,8-16H,1,7,18H2,2H3,(H,29,30)/b24-15+. The molecule has 3 rings (SSSR count). The maximum Gasteiger partial charge on any atom is 0.335 e. The highest BCUT2D eigenvalue weighted by molar-refractivity contribution is 5.90. The molecule has 32 heavy (non-hydrogen) atoms. The van der Waals surface area contributed by atoms with Gasteiger partial charge in [0.15, 0.2) is 11.5 Å². The van der Waals surface area contributed by atoms with Crippen LogP contribution in [0.25, 0.3) is 11.6 Å².